The molecule has 206 valence electrons. The molecule has 1 aromatic rings. The van der Waals surface area contributed by atoms with Crippen LogP contribution in [-0.2, 0) is 14.3 Å². The fraction of sp³-hybridized carbons (Fsp3) is 0.690. The summed E-state index contributed by atoms with van der Waals surface area (Å²) in [5, 5.41) is 17.0. The molecule has 1 aromatic carbocycles. The second-order valence-electron chi connectivity index (χ2n) is 12.0. The quantitative estimate of drug-likeness (QED) is 0.445. The van der Waals surface area contributed by atoms with E-state index in [2.05, 4.69) is 10.6 Å². The maximum atomic E-state index is 14.2. The maximum absolute atomic E-state index is 14.2. The number of benzene rings is 1. The number of hydrogen-bond acceptors (Lipinski definition) is 5. The Morgan fingerprint density at radius 1 is 1.03 bits per heavy atom. The summed E-state index contributed by atoms with van der Waals surface area (Å²) in [6, 6.07) is 3.32. The summed E-state index contributed by atoms with van der Waals surface area (Å²) < 4.78 is 5.44. The molecule has 0 bridgehead atoms. The van der Waals surface area contributed by atoms with Gasteiger partial charge in [0.1, 0.15) is 23.4 Å². The molecule has 2 aliphatic carbocycles. The van der Waals surface area contributed by atoms with Gasteiger partial charge in [0.2, 0.25) is 11.8 Å². The van der Waals surface area contributed by atoms with Crippen molar-refractivity contribution in [3.8, 4) is 5.75 Å². The normalized spacial score (nSPS) is 18.5. The smallest absolute Gasteiger partial charge is 0.408 e. The first kappa shape index (κ1) is 28.8. The van der Waals surface area contributed by atoms with Gasteiger partial charge in [-0.25, -0.2) is 4.79 Å². The molecule has 0 heterocycles. The zero-order valence-electron chi connectivity index (χ0n) is 23.3. The number of aromatic hydroxyl groups is 1. The minimum Gasteiger partial charge on any atom is -0.507 e. The molecule has 3 N–H and O–H groups in total. The van der Waals surface area contributed by atoms with Gasteiger partial charge in [-0.15, -0.1) is 0 Å². The zero-order valence-corrected chi connectivity index (χ0v) is 23.3. The number of ether oxygens (including phenoxy) is 1. The molecule has 37 heavy (non-hydrogen) atoms. The highest BCUT2D eigenvalue weighted by atomic mass is 16.6. The average molecular weight is 516 g/mol. The summed E-state index contributed by atoms with van der Waals surface area (Å²) in [6.07, 6.45) is 6.91. The van der Waals surface area contributed by atoms with E-state index in [1.165, 1.54) is 0 Å². The van der Waals surface area contributed by atoms with E-state index in [-0.39, 0.29) is 35.6 Å². The first-order valence-electron chi connectivity index (χ1n) is 13.8. The SMILES string of the molecule is Cc1cccc(C(C(=O)NC2CCCCC2)N(C(=O)C(NC(=O)OC(C)(C)C)C(C)C)C2CCC2)c1O. The summed E-state index contributed by atoms with van der Waals surface area (Å²) >= 11 is 0. The Balaban J connectivity index is 2.00. The summed E-state index contributed by atoms with van der Waals surface area (Å²) in [4.78, 5) is 42.5. The van der Waals surface area contributed by atoms with Gasteiger partial charge in [-0.05, 0) is 71.3 Å². The molecule has 2 unspecified atom stereocenters. The molecular weight excluding hydrogens is 470 g/mol. The minimum absolute atomic E-state index is 0.0182. The van der Waals surface area contributed by atoms with Gasteiger partial charge in [0.15, 0.2) is 0 Å². The topological polar surface area (TPSA) is 108 Å². The van der Waals surface area contributed by atoms with Crippen LogP contribution in [0.2, 0.25) is 0 Å². The standard InChI is InChI=1S/C29H45N3O5/c1-18(2)23(31-28(36)37-29(4,5)6)27(35)32(21-15-11-16-21)24(22-17-10-12-19(3)25(22)33)26(34)30-20-13-8-7-9-14-20/h10,12,17-18,20-21,23-24,33H,7-9,11,13-16H2,1-6H3,(H,30,34)(H,31,36). The van der Waals surface area contributed by atoms with Crippen molar-refractivity contribution in [2.75, 3.05) is 0 Å². The monoisotopic (exact) mass is 515 g/mol. The van der Waals surface area contributed by atoms with Crippen molar-refractivity contribution in [1.29, 1.82) is 0 Å². The number of carbonyl (C=O) groups excluding carboxylic acids is 3. The molecule has 0 aliphatic heterocycles. The Bertz CT molecular complexity index is 961. The summed E-state index contributed by atoms with van der Waals surface area (Å²) in [7, 11) is 0. The van der Waals surface area contributed by atoms with Gasteiger partial charge in [-0.1, -0.05) is 51.3 Å². The Labute approximate surface area is 221 Å². The zero-order chi connectivity index (χ0) is 27.3. The number of carbonyl (C=O) groups is 3. The maximum Gasteiger partial charge on any atom is 0.408 e. The van der Waals surface area contributed by atoms with Crippen molar-refractivity contribution >= 4 is 17.9 Å². The van der Waals surface area contributed by atoms with E-state index >= 15 is 0 Å². The number of amides is 3. The molecular formula is C29H45N3O5. The molecule has 0 spiro atoms. The third-order valence-corrected chi connectivity index (χ3v) is 7.37. The molecule has 0 radical (unpaired) electrons. The molecule has 2 fully saturated rings. The fourth-order valence-electron chi connectivity index (χ4n) is 5.14. The van der Waals surface area contributed by atoms with Crippen LogP contribution in [0.1, 0.15) is 103 Å². The predicted octanol–water partition coefficient (Wildman–Crippen LogP) is 5.12. The van der Waals surface area contributed by atoms with Gasteiger partial charge in [0.25, 0.3) is 0 Å². The number of nitrogens with one attached hydrogen (secondary N) is 2. The number of phenolic OH excluding ortho intramolecular Hbond substituents is 1. The highest BCUT2D eigenvalue weighted by molar-refractivity contribution is 5.93. The van der Waals surface area contributed by atoms with E-state index in [4.69, 9.17) is 4.74 Å². The highest BCUT2D eigenvalue weighted by Gasteiger charge is 2.44. The third-order valence-electron chi connectivity index (χ3n) is 7.37. The number of hydrogen-bond donors (Lipinski definition) is 3. The van der Waals surface area contributed by atoms with Gasteiger partial charge in [-0.3, -0.25) is 9.59 Å². The molecule has 3 amide bonds. The van der Waals surface area contributed by atoms with Gasteiger partial charge >= 0.3 is 6.09 Å². The van der Waals surface area contributed by atoms with E-state index < -0.39 is 23.8 Å². The second-order valence-corrected chi connectivity index (χ2v) is 12.0. The number of aryl methyl sites for hydroxylation is 1. The van der Waals surface area contributed by atoms with E-state index in [1.807, 2.05) is 13.8 Å². The third kappa shape index (κ3) is 7.39. The number of alkyl carbamates (subject to hydrolysis) is 1. The van der Waals surface area contributed by atoms with Gasteiger partial charge in [0, 0.05) is 17.6 Å². The van der Waals surface area contributed by atoms with Crippen molar-refractivity contribution in [3.05, 3.63) is 29.3 Å². The number of phenols is 1. The van der Waals surface area contributed by atoms with Crippen molar-refractivity contribution in [1.82, 2.24) is 15.5 Å². The number of rotatable bonds is 8. The lowest BCUT2D eigenvalue weighted by Gasteiger charge is -2.44. The van der Waals surface area contributed by atoms with Crippen molar-refractivity contribution < 1.29 is 24.2 Å². The number of para-hydroxylation sites is 1. The van der Waals surface area contributed by atoms with Crippen LogP contribution in [0.5, 0.6) is 5.75 Å². The molecule has 8 heteroatoms. The van der Waals surface area contributed by atoms with Crippen LogP contribution in [0.3, 0.4) is 0 Å². The number of nitrogens with zero attached hydrogens (tertiary/aromatic N) is 1. The van der Waals surface area contributed by atoms with Crippen molar-refractivity contribution in [3.63, 3.8) is 0 Å². The average Bonchev–Trinajstić information content (AvgIpc) is 2.77. The molecule has 8 nitrogen and oxygen atoms in total. The van der Waals surface area contributed by atoms with Crippen LogP contribution in [0.25, 0.3) is 0 Å². The van der Waals surface area contributed by atoms with Crippen LogP contribution >= 0.6 is 0 Å². The largest absolute Gasteiger partial charge is 0.507 e. The lowest BCUT2D eigenvalue weighted by Crippen LogP contribution is -2.59. The summed E-state index contributed by atoms with van der Waals surface area (Å²) in [5.74, 6) is -0.844. The van der Waals surface area contributed by atoms with Crippen molar-refractivity contribution in [2.24, 2.45) is 5.92 Å². The van der Waals surface area contributed by atoms with E-state index in [0.717, 1.165) is 51.4 Å². The first-order chi connectivity index (χ1) is 17.4. The Hall–Kier alpha value is -2.77. The van der Waals surface area contributed by atoms with E-state index in [0.29, 0.717) is 11.1 Å². The molecule has 0 aromatic heterocycles. The van der Waals surface area contributed by atoms with Crippen LogP contribution in [0, 0.1) is 12.8 Å². The lowest BCUT2D eigenvalue weighted by atomic mass is 9.86. The van der Waals surface area contributed by atoms with Gasteiger partial charge in [-0.2, -0.15) is 0 Å². The molecule has 2 saturated carbocycles. The second kappa shape index (κ2) is 12.2. The van der Waals surface area contributed by atoms with Crippen molar-refractivity contribution in [2.45, 2.75) is 123 Å². The van der Waals surface area contributed by atoms with E-state index in [1.54, 1.807) is 50.8 Å². The van der Waals surface area contributed by atoms with Crippen LogP contribution in [0.15, 0.2) is 18.2 Å². The molecule has 3 rings (SSSR count). The van der Waals surface area contributed by atoms with Gasteiger partial charge < -0.3 is 25.4 Å². The first-order valence-corrected chi connectivity index (χ1v) is 13.8. The molecule has 0 saturated heterocycles. The summed E-state index contributed by atoms with van der Waals surface area (Å²) in [6.45, 7) is 10.8. The molecule has 2 atom stereocenters. The predicted molar refractivity (Wildman–Crippen MR) is 143 cm³/mol. The minimum atomic E-state index is -0.999. The Morgan fingerprint density at radius 2 is 1.68 bits per heavy atom. The fourth-order valence-corrected chi connectivity index (χ4v) is 5.14. The van der Waals surface area contributed by atoms with Crippen LogP contribution in [0.4, 0.5) is 4.79 Å². The highest BCUT2D eigenvalue weighted by Crippen LogP contribution is 2.38. The summed E-state index contributed by atoms with van der Waals surface area (Å²) in [5.41, 5.74) is 0.340. The lowest BCUT2D eigenvalue weighted by molar-refractivity contribution is -0.148. The molecule has 2 aliphatic rings. The Morgan fingerprint density at radius 3 is 2.22 bits per heavy atom. The Kier molecular flexibility index (Phi) is 9.48. The van der Waals surface area contributed by atoms with Gasteiger partial charge in [0.05, 0.1) is 0 Å². The van der Waals surface area contributed by atoms with E-state index in [9.17, 15) is 19.5 Å². The van der Waals surface area contributed by atoms with Crippen LogP contribution in [-0.4, -0.2) is 51.6 Å². The van der Waals surface area contributed by atoms with Crippen LogP contribution < -0.4 is 10.6 Å².